The lowest BCUT2D eigenvalue weighted by Gasteiger charge is -2.17. The number of carbonyl (C=O) groups is 1. The van der Waals surface area contributed by atoms with Crippen LogP contribution in [-0.2, 0) is 18.4 Å². The number of nitrogens with one attached hydrogen (secondary N) is 1. The van der Waals surface area contributed by atoms with Gasteiger partial charge in [-0.15, -0.1) is 0 Å². The van der Waals surface area contributed by atoms with Gasteiger partial charge in [-0.25, -0.2) is 0 Å². The molecule has 0 radical (unpaired) electrons. The molecule has 8 heteroatoms. The molecule has 0 aliphatic rings. The zero-order valence-electron chi connectivity index (χ0n) is 14.0. The third-order valence-corrected chi connectivity index (χ3v) is 4.82. The first-order valence-corrected chi connectivity index (χ1v) is 8.44. The molecular weight excluding hydrogens is 371 g/mol. The Morgan fingerprint density at radius 1 is 1.21 bits per heavy atom. The molecule has 1 N–H and O–H groups in total. The zero-order valence-corrected chi connectivity index (χ0v) is 16.2. The van der Waals surface area contributed by atoms with E-state index in [4.69, 9.17) is 34.8 Å². The summed E-state index contributed by atoms with van der Waals surface area (Å²) in [6.45, 7) is 4.82. The van der Waals surface area contributed by atoms with Gasteiger partial charge in [0, 0.05) is 24.8 Å². The van der Waals surface area contributed by atoms with Crippen LogP contribution in [0.3, 0.4) is 0 Å². The fourth-order valence-corrected chi connectivity index (χ4v) is 3.02. The number of rotatable bonds is 5. The summed E-state index contributed by atoms with van der Waals surface area (Å²) in [5.41, 5.74) is 3.63. The summed E-state index contributed by atoms with van der Waals surface area (Å²) in [6.07, 6.45) is 0. The topological polar surface area (TPSA) is 50.2 Å². The minimum atomic E-state index is -0.183. The molecular formula is C16H19Cl3N4O. The number of benzene rings is 1. The Kier molecular flexibility index (Phi) is 6.15. The van der Waals surface area contributed by atoms with Crippen LogP contribution in [0.4, 0.5) is 5.69 Å². The normalized spacial score (nSPS) is 11.2. The molecule has 1 aromatic heterocycles. The van der Waals surface area contributed by atoms with Gasteiger partial charge in [0.2, 0.25) is 5.91 Å². The van der Waals surface area contributed by atoms with Crippen molar-refractivity contribution in [2.24, 2.45) is 7.05 Å². The fourth-order valence-electron chi connectivity index (χ4n) is 2.43. The Balaban J connectivity index is 2.01. The van der Waals surface area contributed by atoms with Crippen molar-refractivity contribution < 1.29 is 4.79 Å². The summed E-state index contributed by atoms with van der Waals surface area (Å²) < 4.78 is 1.84. The average Bonchev–Trinajstić information content (AvgIpc) is 2.71. The van der Waals surface area contributed by atoms with E-state index in [1.807, 2.05) is 37.5 Å². The highest BCUT2D eigenvalue weighted by atomic mass is 35.5. The Labute approximate surface area is 156 Å². The van der Waals surface area contributed by atoms with Crippen LogP contribution in [-0.4, -0.2) is 34.2 Å². The van der Waals surface area contributed by atoms with E-state index in [1.54, 1.807) is 6.07 Å². The maximum atomic E-state index is 12.2. The molecule has 0 saturated carbocycles. The van der Waals surface area contributed by atoms with Gasteiger partial charge in [0.25, 0.3) is 0 Å². The van der Waals surface area contributed by atoms with E-state index in [0.29, 0.717) is 27.3 Å². The number of aromatic nitrogens is 2. The van der Waals surface area contributed by atoms with E-state index in [0.717, 1.165) is 17.0 Å². The summed E-state index contributed by atoms with van der Waals surface area (Å²) in [5, 5.41) is 8.17. The quantitative estimate of drug-likeness (QED) is 0.784. The highest BCUT2D eigenvalue weighted by Gasteiger charge is 2.15. The molecule has 24 heavy (non-hydrogen) atoms. The van der Waals surface area contributed by atoms with Crippen LogP contribution in [0.25, 0.3) is 0 Å². The van der Waals surface area contributed by atoms with Crippen molar-refractivity contribution in [3.8, 4) is 0 Å². The van der Waals surface area contributed by atoms with Crippen LogP contribution in [0.15, 0.2) is 12.1 Å². The number of anilines is 1. The highest BCUT2D eigenvalue weighted by Crippen LogP contribution is 2.32. The lowest BCUT2D eigenvalue weighted by molar-refractivity contribution is -0.117. The molecule has 1 heterocycles. The number of halogens is 3. The summed E-state index contributed by atoms with van der Waals surface area (Å²) in [5.74, 6) is -0.183. The first-order chi connectivity index (χ1) is 11.2. The van der Waals surface area contributed by atoms with E-state index in [-0.39, 0.29) is 12.5 Å². The summed E-state index contributed by atoms with van der Waals surface area (Å²) >= 11 is 17.9. The van der Waals surface area contributed by atoms with Gasteiger partial charge in [-0.3, -0.25) is 14.4 Å². The van der Waals surface area contributed by atoms with Gasteiger partial charge >= 0.3 is 0 Å². The van der Waals surface area contributed by atoms with Gasteiger partial charge in [0.1, 0.15) is 0 Å². The second kappa shape index (κ2) is 7.74. The van der Waals surface area contributed by atoms with Gasteiger partial charge < -0.3 is 5.32 Å². The Hall–Kier alpha value is -1.27. The largest absolute Gasteiger partial charge is 0.324 e. The summed E-state index contributed by atoms with van der Waals surface area (Å²) in [4.78, 5) is 14.1. The predicted molar refractivity (Wildman–Crippen MR) is 99.1 cm³/mol. The molecule has 1 amide bonds. The predicted octanol–water partition coefficient (Wildman–Crippen LogP) is 4.07. The molecule has 5 nitrogen and oxygen atoms in total. The number of hydrogen-bond donors (Lipinski definition) is 1. The van der Waals surface area contributed by atoms with Crippen molar-refractivity contribution in [1.82, 2.24) is 14.7 Å². The Morgan fingerprint density at radius 2 is 1.83 bits per heavy atom. The minimum Gasteiger partial charge on any atom is -0.324 e. The first-order valence-electron chi connectivity index (χ1n) is 7.31. The third kappa shape index (κ3) is 4.42. The van der Waals surface area contributed by atoms with Gasteiger partial charge in [-0.05, 0) is 33.0 Å². The van der Waals surface area contributed by atoms with Gasteiger partial charge in [-0.2, -0.15) is 5.10 Å². The first kappa shape index (κ1) is 19.1. The van der Waals surface area contributed by atoms with E-state index in [9.17, 15) is 4.79 Å². The van der Waals surface area contributed by atoms with Crippen molar-refractivity contribution in [3.05, 3.63) is 44.2 Å². The van der Waals surface area contributed by atoms with E-state index in [2.05, 4.69) is 10.4 Å². The van der Waals surface area contributed by atoms with Crippen LogP contribution in [0.2, 0.25) is 15.1 Å². The lowest BCUT2D eigenvalue weighted by atomic mass is 10.2. The molecule has 2 aromatic rings. The van der Waals surface area contributed by atoms with E-state index >= 15 is 0 Å². The molecule has 0 bridgehead atoms. The van der Waals surface area contributed by atoms with Crippen LogP contribution in [0.1, 0.15) is 17.0 Å². The minimum absolute atomic E-state index is 0.183. The molecule has 0 spiro atoms. The molecule has 2 rings (SSSR count). The maximum absolute atomic E-state index is 12.2. The number of likely N-dealkylation sites (N-methyl/N-ethyl adjacent to an activating group) is 1. The molecule has 0 unspecified atom stereocenters. The number of carbonyl (C=O) groups excluding carboxylic acids is 1. The maximum Gasteiger partial charge on any atom is 0.238 e. The smallest absolute Gasteiger partial charge is 0.238 e. The fraction of sp³-hybridized carbons (Fsp3) is 0.375. The molecule has 0 saturated heterocycles. The molecule has 0 atom stereocenters. The molecule has 0 fully saturated rings. The average molecular weight is 390 g/mol. The molecule has 1 aromatic carbocycles. The van der Waals surface area contributed by atoms with E-state index < -0.39 is 0 Å². The van der Waals surface area contributed by atoms with Crippen molar-refractivity contribution in [1.29, 1.82) is 0 Å². The summed E-state index contributed by atoms with van der Waals surface area (Å²) in [6, 6.07) is 3.05. The van der Waals surface area contributed by atoms with E-state index in [1.165, 1.54) is 6.07 Å². The Bertz CT molecular complexity index is 773. The third-order valence-electron chi connectivity index (χ3n) is 3.78. The zero-order chi connectivity index (χ0) is 18.0. The van der Waals surface area contributed by atoms with Gasteiger partial charge in [0.05, 0.1) is 33.0 Å². The van der Waals surface area contributed by atoms with Crippen LogP contribution in [0, 0.1) is 13.8 Å². The summed E-state index contributed by atoms with van der Waals surface area (Å²) in [7, 11) is 3.78. The molecule has 0 aliphatic heterocycles. The molecule has 130 valence electrons. The second-order valence-electron chi connectivity index (χ2n) is 5.74. The Morgan fingerprint density at radius 3 is 2.42 bits per heavy atom. The second-order valence-corrected chi connectivity index (χ2v) is 6.96. The van der Waals surface area contributed by atoms with Crippen LogP contribution >= 0.6 is 34.8 Å². The van der Waals surface area contributed by atoms with Crippen molar-refractivity contribution in [2.75, 3.05) is 18.9 Å². The van der Waals surface area contributed by atoms with Crippen molar-refractivity contribution >= 4 is 46.4 Å². The van der Waals surface area contributed by atoms with Gasteiger partial charge in [0.15, 0.2) is 0 Å². The number of nitrogens with zero attached hydrogens (tertiary/aromatic N) is 3. The van der Waals surface area contributed by atoms with Crippen molar-refractivity contribution in [3.63, 3.8) is 0 Å². The number of aryl methyl sites for hydroxylation is 2. The standard InChI is InChI=1S/C16H19Cl3N4O/c1-9-11(10(2)23(4)21-9)7-22(3)8-16(24)20-15-6-13(18)12(17)5-14(15)19/h5-6H,7-8H2,1-4H3,(H,20,24). The number of hydrogen-bond acceptors (Lipinski definition) is 3. The number of amides is 1. The lowest BCUT2D eigenvalue weighted by Crippen LogP contribution is -2.30. The van der Waals surface area contributed by atoms with Crippen LogP contribution < -0.4 is 5.32 Å². The van der Waals surface area contributed by atoms with Crippen LogP contribution in [0.5, 0.6) is 0 Å². The van der Waals surface area contributed by atoms with Gasteiger partial charge in [-0.1, -0.05) is 34.8 Å². The highest BCUT2D eigenvalue weighted by molar-refractivity contribution is 6.44. The molecule has 0 aliphatic carbocycles. The monoisotopic (exact) mass is 388 g/mol. The SMILES string of the molecule is Cc1nn(C)c(C)c1CN(C)CC(=O)Nc1cc(Cl)c(Cl)cc1Cl. The van der Waals surface area contributed by atoms with Crippen molar-refractivity contribution in [2.45, 2.75) is 20.4 Å².